The number of carbonyl (C=O) groups excluding carboxylic acids is 1. The van der Waals surface area contributed by atoms with Crippen LogP contribution in [-0.2, 0) is 42.6 Å². The van der Waals surface area contributed by atoms with E-state index in [0.29, 0.717) is 124 Å². The fraction of sp³-hybridized carbons (Fsp3) is 0.750. The molecule has 0 amide bonds. The summed E-state index contributed by atoms with van der Waals surface area (Å²) in [6.45, 7) is 11.7. The molecule has 0 aliphatic rings. The summed E-state index contributed by atoms with van der Waals surface area (Å²) in [6.07, 6.45) is -0.153. The van der Waals surface area contributed by atoms with Crippen LogP contribution in [0.15, 0.2) is 24.3 Å². The van der Waals surface area contributed by atoms with Crippen LogP contribution >= 0.6 is 0 Å². The number of hydrogen-bond acceptors (Lipinski definition) is 12. The lowest BCUT2D eigenvalue weighted by atomic mass is 10.2. The molecule has 0 aromatic heterocycles. The average molecular weight is 577 g/mol. The fourth-order valence-electron chi connectivity index (χ4n) is 2.89. The Kier molecular flexibility index (Phi) is 24.7. The first-order valence-corrected chi connectivity index (χ1v) is 13.8. The van der Waals surface area contributed by atoms with Gasteiger partial charge in [0, 0.05) is 0 Å². The molecule has 1 rings (SSSR count). The third-order valence-electron chi connectivity index (χ3n) is 4.77. The number of aliphatic hydroxyl groups excluding tert-OH is 1. The first-order valence-electron chi connectivity index (χ1n) is 13.8. The van der Waals surface area contributed by atoms with Gasteiger partial charge in [-0.2, -0.15) is 0 Å². The van der Waals surface area contributed by atoms with Crippen molar-refractivity contribution < 1.29 is 57.3 Å². The van der Waals surface area contributed by atoms with Gasteiger partial charge in [0.25, 0.3) is 0 Å². The molecule has 0 spiro atoms. The molecule has 0 bridgehead atoms. The predicted molar refractivity (Wildman–Crippen MR) is 146 cm³/mol. The minimum Gasteiger partial charge on any atom is -0.491 e. The molecule has 12 heteroatoms. The van der Waals surface area contributed by atoms with Crippen molar-refractivity contribution in [3.63, 3.8) is 0 Å². The Morgan fingerprint density at radius 3 is 1.20 bits per heavy atom. The Morgan fingerprint density at radius 1 is 0.550 bits per heavy atom. The summed E-state index contributed by atoms with van der Waals surface area (Å²) in [5.74, 6) is 0.317. The van der Waals surface area contributed by atoms with Crippen LogP contribution in [0, 0.1) is 0 Å². The quantitative estimate of drug-likeness (QED) is 0.110. The van der Waals surface area contributed by atoms with Crippen LogP contribution in [0.4, 0.5) is 0 Å². The summed E-state index contributed by atoms with van der Waals surface area (Å²) in [5.41, 5.74) is 0.492. The lowest BCUT2D eigenvalue weighted by Gasteiger charge is -2.10. The zero-order valence-corrected chi connectivity index (χ0v) is 24.1. The molecule has 0 atom stereocenters. The molecule has 0 aliphatic carbocycles. The molecular formula is C28H48O12. The lowest BCUT2D eigenvalue weighted by molar-refractivity contribution is -0.0242. The van der Waals surface area contributed by atoms with Gasteiger partial charge in [-0.15, -0.1) is 0 Å². The van der Waals surface area contributed by atoms with Crippen LogP contribution in [0.2, 0.25) is 0 Å². The van der Waals surface area contributed by atoms with Gasteiger partial charge < -0.3 is 52.5 Å². The molecule has 0 fully saturated rings. The average Bonchev–Trinajstić information content (AvgIpc) is 2.95. The predicted octanol–water partition coefficient (Wildman–Crippen LogP) is 1.76. The Labute approximate surface area is 238 Å². The van der Waals surface area contributed by atoms with Crippen LogP contribution in [0.1, 0.15) is 24.2 Å². The molecule has 0 heterocycles. The third kappa shape index (κ3) is 22.9. The highest BCUT2D eigenvalue weighted by atomic mass is 16.6. The largest absolute Gasteiger partial charge is 0.491 e. The summed E-state index contributed by atoms with van der Waals surface area (Å²) < 4.78 is 53.8. The van der Waals surface area contributed by atoms with Gasteiger partial charge in [0.2, 0.25) is 0 Å². The van der Waals surface area contributed by atoms with Crippen molar-refractivity contribution in [2.24, 2.45) is 0 Å². The first kappa shape index (κ1) is 36.2. The molecule has 232 valence electrons. The second kappa shape index (κ2) is 27.3. The molecule has 0 saturated carbocycles. The van der Waals surface area contributed by atoms with E-state index in [2.05, 4.69) is 0 Å². The summed E-state index contributed by atoms with van der Waals surface area (Å²) in [6, 6.07) is 6.82. The zero-order chi connectivity index (χ0) is 28.9. The van der Waals surface area contributed by atoms with Crippen LogP contribution in [0.5, 0.6) is 5.75 Å². The van der Waals surface area contributed by atoms with E-state index in [1.807, 2.05) is 13.8 Å². The molecule has 12 nitrogen and oxygen atoms in total. The van der Waals surface area contributed by atoms with Crippen molar-refractivity contribution in [3.8, 4) is 5.75 Å². The summed E-state index contributed by atoms with van der Waals surface area (Å²) in [7, 11) is 0. The maximum atomic E-state index is 11.8. The summed E-state index contributed by atoms with van der Waals surface area (Å²) >= 11 is 0. The number of carbonyl (C=O) groups is 1. The van der Waals surface area contributed by atoms with Crippen LogP contribution in [-0.4, -0.2) is 136 Å². The monoisotopic (exact) mass is 576 g/mol. The number of hydrogen-bond donors (Lipinski definition) is 1. The summed E-state index contributed by atoms with van der Waals surface area (Å²) in [4.78, 5) is 11.8. The van der Waals surface area contributed by atoms with Crippen molar-refractivity contribution >= 4 is 5.97 Å². The van der Waals surface area contributed by atoms with E-state index >= 15 is 0 Å². The highest BCUT2D eigenvalue weighted by Crippen LogP contribution is 2.13. The highest BCUT2D eigenvalue weighted by molar-refractivity contribution is 5.89. The topological polar surface area (TPSA) is 130 Å². The minimum absolute atomic E-state index is 0.0224. The molecule has 1 aromatic carbocycles. The van der Waals surface area contributed by atoms with Gasteiger partial charge in [-0.1, -0.05) is 0 Å². The van der Waals surface area contributed by atoms with E-state index in [4.69, 9.17) is 52.5 Å². The van der Waals surface area contributed by atoms with Gasteiger partial charge >= 0.3 is 5.97 Å². The number of rotatable bonds is 29. The van der Waals surface area contributed by atoms with Crippen LogP contribution in [0.3, 0.4) is 0 Å². The molecule has 0 saturated heterocycles. The fourth-order valence-corrected chi connectivity index (χ4v) is 2.89. The van der Waals surface area contributed by atoms with Crippen molar-refractivity contribution in [1.82, 2.24) is 0 Å². The normalized spacial score (nSPS) is 11.3. The van der Waals surface area contributed by atoms with Crippen molar-refractivity contribution in [3.05, 3.63) is 29.8 Å². The van der Waals surface area contributed by atoms with Crippen molar-refractivity contribution in [1.29, 1.82) is 0 Å². The molecule has 0 radical (unpaired) electrons. The van der Waals surface area contributed by atoms with Gasteiger partial charge in [-0.25, -0.2) is 4.79 Å². The van der Waals surface area contributed by atoms with Crippen LogP contribution < -0.4 is 4.74 Å². The Bertz CT molecular complexity index is 686. The van der Waals surface area contributed by atoms with E-state index in [0.717, 1.165) is 0 Å². The van der Waals surface area contributed by atoms with Crippen molar-refractivity contribution in [2.75, 3.05) is 119 Å². The number of esters is 1. The Balaban J connectivity index is 1.74. The molecule has 1 N–H and O–H groups in total. The number of ether oxygens (including phenoxy) is 10. The molecule has 1 aromatic rings. The van der Waals surface area contributed by atoms with E-state index in [-0.39, 0.29) is 18.7 Å². The lowest BCUT2D eigenvalue weighted by Crippen LogP contribution is -2.15. The second-order valence-electron chi connectivity index (χ2n) is 8.45. The smallest absolute Gasteiger partial charge is 0.338 e. The third-order valence-corrected chi connectivity index (χ3v) is 4.77. The minimum atomic E-state index is -0.346. The van der Waals surface area contributed by atoms with E-state index in [1.54, 1.807) is 24.3 Å². The highest BCUT2D eigenvalue weighted by Gasteiger charge is 2.08. The van der Waals surface area contributed by atoms with Gasteiger partial charge in [-0.3, -0.25) is 0 Å². The standard InChI is InChI=1S/C28H48O12/c1-25(2)40-28(30)26-3-5-27(6-4-26)39-24-23-38-22-21-37-20-19-36-18-17-35-16-15-34-14-13-33-12-11-32-10-9-31-8-7-29/h3-6,25,29H,7-24H2,1-2H3. The molecular weight excluding hydrogens is 528 g/mol. The molecule has 0 aliphatic heterocycles. The van der Waals surface area contributed by atoms with Gasteiger partial charge in [0.15, 0.2) is 0 Å². The van der Waals surface area contributed by atoms with E-state index in [1.165, 1.54) is 0 Å². The molecule has 40 heavy (non-hydrogen) atoms. The maximum Gasteiger partial charge on any atom is 0.338 e. The SMILES string of the molecule is CC(C)OC(=O)c1ccc(OCCOCCOCCOCCOCCOCCOCCOCCOCCO)cc1. The van der Waals surface area contributed by atoms with Gasteiger partial charge in [0.1, 0.15) is 12.4 Å². The first-order chi connectivity index (χ1) is 19.6. The Morgan fingerprint density at radius 2 is 0.875 bits per heavy atom. The van der Waals surface area contributed by atoms with Gasteiger partial charge in [0.05, 0.1) is 124 Å². The van der Waals surface area contributed by atoms with Crippen LogP contribution in [0.25, 0.3) is 0 Å². The van der Waals surface area contributed by atoms with Crippen molar-refractivity contribution in [2.45, 2.75) is 20.0 Å². The van der Waals surface area contributed by atoms with E-state index < -0.39 is 0 Å². The van der Waals surface area contributed by atoms with Gasteiger partial charge in [-0.05, 0) is 38.1 Å². The maximum absolute atomic E-state index is 11.8. The van der Waals surface area contributed by atoms with E-state index in [9.17, 15) is 4.79 Å². The Hall–Kier alpha value is -1.87. The number of benzene rings is 1. The molecule has 0 unspecified atom stereocenters. The number of aliphatic hydroxyl groups is 1. The zero-order valence-electron chi connectivity index (χ0n) is 24.1. The summed E-state index contributed by atoms with van der Waals surface area (Å²) in [5, 5.41) is 8.57. The second-order valence-corrected chi connectivity index (χ2v) is 8.45.